The molecule has 2 rings (SSSR count). The van der Waals surface area contributed by atoms with E-state index in [0.717, 1.165) is 18.9 Å². The van der Waals surface area contributed by atoms with Gasteiger partial charge in [-0.05, 0) is 12.1 Å². The van der Waals surface area contributed by atoms with Gasteiger partial charge in [0.1, 0.15) is 5.82 Å². The van der Waals surface area contributed by atoms with Gasteiger partial charge in [-0.15, -0.1) is 0 Å². The van der Waals surface area contributed by atoms with Gasteiger partial charge in [-0.3, -0.25) is 4.79 Å². The number of hydrogen-bond acceptors (Lipinski definition) is 4. The maximum atomic E-state index is 12.4. The molecule has 0 aromatic carbocycles. The molecule has 2 atom stereocenters. The normalized spacial score (nSPS) is 23.8. The van der Waals surface area contributed by atoms with E-state index in [1.54, 1.807) is 25.4 Å². The largest absolute Gasteiger partial charge is 0.373 e. The van der Waals surface area contributed by atoms with Gasteiger partial charge < -0.3 is 10.2 Å². The summed E-state index contributed by atoms with van der Waals surface area (Å²) in [6.45, 7) is 5.99. The summed E-state index contributed by atoms with van der Waals surface area (Å²) in [5.74, 6) is 0.834. The minimum absolute atomic E-state index is 0.105. The van der Waals surface area contributed by atoms with Gasteiger partial charge in [0.25, 0.3) is 5.91 Å². The van der Waals surface area contributed by atoms with Gasteiger partial charge >= 0.3 is 0 Å². The molecule has 0 spiro atoms. The Balaban J connectivity index is 2.14. The average molecular weight is 265 g/mol. The first-order valence-electron chi connectivity index (χ1n) is 6.18. The van der Waals surface area contributed by atoms with Crippen LogP contribution in [-0.4, -0.2) is 46.4 Å². The number of rotatable bonds is 2. The van der Waals surface area contributed by atoms with Crippen molar-refractivity contribution in [1.82, 2.24) is 9.88 Å². The zero-order valence-corrected chi connectivity index (χ0v) is 11.8. The summed E-state index contributed by atoms with van der Waals surface area (Å²) in [5.41, 5.74) is 0.709. The quantitative estimate of drug-likeness (QED) is 0.889. The molecular weight excluding hydrogens is 246 g/mol. The highest BCUT2D eigenvalue weighted by molar-refractivity contribution is 8.00. The number of carbonyl (C=O) groups excluding carboxylic acids is 1. The number of anilines is 1. The monoisotopic (exact) mass is 265 g/mol. The minimum atomic E-state index is 0.105. The molecule has 1 aromatic heterocycles. The molecule has 18 heavy (non-hydrogen) atoms. The third kappa shape index (κ3) is 2.96. The van der Waals surface area contributed by atoms with Crippen molar-refractivity contribution in [1.29, 1.82) is 0 Å². The molecule has 0 bridgehead atoms. The van der Waals surface area contributed by atoms with Gasteiger partial charge in [0.05, 0.1) is 0 Å². The highest BCUT2D eigenvalue weighted by atomic mass is 32.2. The Kier molecular flexibility index (Phi) is 4.11. The number of nitrogens with zero attached hydrogens (tertiary/aromatic N) is 2. The van der Waals surface area contributed by atoms with Gasteiger partial charge in [-0.25, -0.2) is 4.98 Å². The molecule has 1 aromatic rings. The summed E-state index contributed by atoms with van der Waals surface area (Å²) in [6, 6.07) is 3.58. The van der Waals surface area contributed by atoms with Crippen molar-refractivity contribution in [3.63, 3.8) is 0 Å². The number of aromatic nitrogens is 1. The molecule has 0 aliphatic carbocycles. The highest BCUT2D eigenvalue weighted by Gasteiger charge is 2.26. The third-order valence-corrected chi connectivity index (χ3v) is 4.20. The standard InChI is InChI=1S/C13H19N3OS/c1-9-7-16(8-10(2)18-9)13(17)11-4-5-15-12(6-11)14-3/h4-6,9-10H,7-8H2,1-3H3,(H,14,15). The van der Waals surface area contributed by atoms with E-state index < -0.39 is 0 Å². The molecule has 1 N–H and O–H groups in total. The Morgan fingerprint density at radius 1 is 1.44 bits per heavy atom. The van der Waals surface area contributed by atoms with Gasteiger partial charge in [0.2, 0.25) is 0 Å². The van der Waals surface area contributed by atoms with Crippen LogP contribution in [0.3, 0.4) is 0 Å². The number of hydrogen-bond donors (Lipinski definition) is 1. The van der Waals surface area contributed by atoms with Crippen molar-refractivity contribution < 1.29 is 4.79 Å². The summed E-state index contributed by atoms with van der Waals surface area (Å²) in [6.07, 6.45) is 1.67. The van der Waals surface area contributed by atoms with Crippen LogP contribution in [0.4, 0.5) is 5.82 Å². The molecule has 4 nitrogen and oxygen atoms in total. The maximum absolute atomic E-state index is 12.4. The van der Waals surface area contributed by atoms with Crippen molar-refractivity contribution in [3.8, 4) is 0 Å². The molecule has 1 aliphatic heterocycles. The Bertz CT molecular complexity index is 428. The summed E-state index contributed by atoms with van der Waals surface area (Å²) in [4.78, 5) is 18.5. The molecular formula is C13H19N3OS. The van der Waals surface area contributed by atoms with E-state index in [0.29, 0.717) is 16.1 Å². The fourth-order valence-corrected chi connectivity index (χ4v) is 3.55. The van der Waals surface area contributed by atoms with Crippen LogP contribution in [0.2, 0.25) is 0 Å². The van der Waals surface area contributed by atoms with Crippen LogP contribution in [0.15, 0.2) is 18.3 Å². The maximum Gasteiger partial charge on any atom is 0.254 e. The molecule has 1 fully saturated rings. The molecule has 0 radical (unpaired) electrons. The fourth-order valence-electron chi connectivity index (χ4n) is 2.23. The average Bonchev–Trinajstić information content (AvgIpc) is 2.37. The molecule has 0 saturated carbocycles. The Hall–Kier alpha value is -1.23. The number of carbonyl (C=O) groups is 1. The number of thioether (sulfide) groups is 1. The van der Waals surface area contributed by atoms with Crippen molar-refractivity contribution in [2.24, 2.45) is 0 Å². The van der Waals surface area contributed by atoms with Crippen LogP contribution in [0, 0.1) is 0 Å². The van der Waals surface area contributed by atoms with Crippen LogP contribution in [-0.2, 0) is 0 Å². The third-order valence-electron chi connectivity index (χ3n) is 2.97. The van der Waals surface area contributed by atoms with Crippen LogP contribution in [0.1, 0.15) is 24.2 Å². The van der Waals surface area contributed by atoms with Crippen LogP contribution in [0.25, 0.3) is 0 Å². The first-order valence-corrected chi connectivity index (χ1v) is 7.13. The molecule has 1 saturated heterocycles. The number of amides is 1. The molecule has 1 aliphatic rings. The van der Waals surface area contributed by atoms with E-state index in [2.05, 4.69) is 24.1 Å². The second-order valence-corrected chi connectivity index (χ2v) is 6.53. The lowest BCUT2D eigenvalue weighted by atomic mass is 10.2. The molecule has 98 valence electrons. The predicted molar refractivity (Wildman–Crippen MR) is 76.2 cm³/mol. The Morgan fingerprint density at radius 2 is 2.11 bits per heavy atom. The van der Waals surface area contributed by atoms with E-state index in [9.17, 15) is 4.79 Å². The lowest BCUT2D eigenvalue weighted by Crippen LogP contribution is -2.44. The first kappa shape index (κ1) is 13.2. The fraction of sp³-hybridized carbons (Fsp3) is 0.538. The Labute approximate surface area is 112 Å². The SMILES string of the molecule is CNc1cc(C(=O)N2CC(C)SC(C)C2)ccn1. The van der Waals surface area contributed by atoms with Crippen LogP contribution >= 0.6 is 11.8 Å². The second-order valence-electron chi connectivity index (χ2n) is 4.65. The van der Waals surface area contributed by atoms with Crippen LogP contribution < -0.4 is 5.32 Å². The van der Waals surface area contributed by atoms with Crippen LogP contribution in [0.5, 0.6) is 0 Å². The highest BCUT2D eigenvalue weighted by Crippen LogP contribution is 2.25. The lowest BCUT2D eigenvalue weighted by Gasteiger charge is -2.34. The summed E-state index contributed by atoms with van der Waals surface area (Å²) >= 11 is 1.95. The van der Waals surface area contributed by atoms with Crippen molar-refractivity contribution >= 4 is 23.5 Å². The molecule has 2 unspecified atom stereocenters. The lowest BCUT2D eigenvalue weighted by molar-refractivity contribution is 0.0753. The van der Waals surface area contributed by atoms with Crippen molar-refractivity contribution in [2.45, 2.75) is 24.3 Å². The summed E-state index contributed by atoms with van der Waals surface area (Å²) in [7, 11) is 1.80. The summed E-state index contributed by atoms with van der Waals surface area (Å²) < 4.78 is 0. The molecule has 5 heteroatoms. The van der Waals surface area contributed by atoms with Gasteiger partial charge in [0, 0.05) is 42.4 Å². The molecule has 2 heterocycles. The van der Waals surface area contributed by atoms with Crippen molar-refractivity contribution in [3.05, 3.63) is 23.9 Å². The second kappa shape index (κ2) is 5.61. The predicted octanol–water partition coefficient (Wildman–Crippen LogP) is 2.09. The topological polar surface area (TPSA) is 45.2 Å². The van der Waals surface area contributed by atoms with Crippen molar-refractivity contribution in [2.75, 3.05) is 25.5 Å². The first-order chi connectivity index (χ1) is 8.60. The van der Waals surface area contributed by atoms with Gasteiger partial charge in [0.15, 0.2) is 0 Å². The zero-order chi connectivity index (χ0) is 13.1. The van der Waals surface area contributed by atoms with E-state index in [-0.39, 0.29) is 5.91 Å². The van der Waals surface area contributed by atoms with E-state index in [1.165, 1.54) is 0 Å². The van der Waals surface area contributed by atoms with E-state index in [1.807, 2.05) is 16.7 Å². The molecule has 1 amide bonds. The number of pyridine rings is 1. The minimum Gasteiger partial charge on any atom is -0.373 e. The number of nitrogens with one attached hydrogen (secondary N) is 1. The van der Waals surface area contributed by atoms with E-state index >= 15 is 0 Å². The zero-order valence-electron chi connectivity index (χ0n) is 11.0. The van der Waals surface area contributed by atoms with E-state index in [4.69, 9.17) is 0 Å². The summed E-state index contributed by atoms with van der Waals surface area (Å²) in [5, 5.41) is 3.96. The van der Waals surface area contributed by atoms with Gasteiger partial charge in [-0.1, -0.05) is 13.8 Å². The smallest absolute Gasteiger partial charge is 0.254 e. The Morgan fingerprint density at radius 3 is 2.72 bits per heavy atom. The van der Waals surface area contributed by atoms with Gasteiger partial charge in [-0.2, -0.15) is 11.8 Å².